The van der Waals surface area contributed by atoms with E-state index in [1.165, 1.54) is 44.2 Å². The fourth-order valence-electron chi connectivity index (χ4n) is 3.47. The number of benzene rings is 1. The van der Waals surface area contributed by atoms with Crippen molar-refractivity contribution in [3.05, 3.63) is 35.1 Å². The first-order valence-electron chi connectivity index (χ1n) is 7.31. The van der Waals surface area contributed by atoms with E-state index < -0.39 is 0 Å². The molecule has 0 aromatic heterocycles. The minimum Gasteiger partial charge on any atom is -0.351 e. The lowest BCUT2D eigenvalue weighted by Gasteiger charge is -2.39. The summed E-state index contributed by atoms with van der Waals surface area (Å²) in [6.07, 6.45) is 8.60. The summed E-state index contributed by atoms with van der Waals surface area (Å²) >= 11 is 1.95. The lowest BCUT2D eigenvalue weighted by molar-refractivity contribution is 0.305. The summed E-state index contributed by atoms with van der Waals surface area (Å²) in [6, 6.07) is 4.83. The largest absolute Gasteiger partial charge is 0.351 e. The van der Waals surface area contributed by atoms with E-state index in [9.17, 15) is 4.39 Å². The Hall–Kier alpha value is -1.03. The molecule has 3 rings (SSSR count). The molecule has 0 saturated heterocycles. The molecule has 1 N–H and O–H groups in total. The molecule has 1 aliphatic heterocycles. The first kappa shape index (κ1) is 13.9. The van der Waals surface area contributed by atoms with Gasteiger partial charge in [-0.25, -0.2) is 4.39 Å². The van der Waals surface area contributed by atoms with Gasteiger partial charge < -0.3 is 4.90 Å². The Morgan fingerprint density at radius 1 is 1.30 bits per heavy atom. The Morgan fingerprint density at radius 2 is 2.05 bits per heavy atom. The van der Waals surface area contributed by atoms with Crippen LogP contribution in [0.2, 0.25) is 0 Å². The molecule has 20 heavy (non-hydrogen) atoms. The Morgan fingerprint density at radius 3 is 2.75 bits per heavy atom. The summed E-state index contributed by atoms with van der Waals surface area (Å²) in [5, 5.41) is 8.31. The number of fused-ring (bicyclic) bond motifs is 1. The molecule has 1 fully saturated rings. The SMILES string of the molecule is CSC1(CN2Cc3ccc(F)cc3C2=N)CCCCC1. The third kappa shape index (κ3) is 2.46. The molecule has 4 heteroatoms. The van der Waals surface area contributed by atoms with Gasteiger partial charge in [-0.05, 0) is 36.8 Å². The lowest BCUT2D eigenvalue weighted by atomic mass is 9.88. The molecule has 108 valence electrons. The van der Waals surface area contributed by atoms with Crippen LogP contribution < -0.4 is 0 Å². The predicted molar refractivity (Wildman–Crippen MR) is 83.0 cm³/mol. The third-order valence-corrected chi connectivity index (χ3v) is 6.08. The van der Waals surface area contributed by atoms with Crippen LogP contribution in [0.4, 0.5) is 4.39 Å². The van der Waals surface area contributed by atoms with Crippen molar-refractivity contribution in [1.82, 2.24) is 4.90 Å². The molecule has 2 aliphatic rings. The van der Waals surface area contributed by atoms with E-state index in [2.05, 4.69) is 11.2 Å². The zero-order chi connectivity index (χ0) is 14.2. The van der Waals surface area contributed by atoms with E-state index >= 15 is 0 Å². The molecule has 0 spiro atoms. The highest BCUT2D eigenvalue weighted by atomic mass is 32.2. The predicted octanol–water partition coefficient (Wildman–Crippen LogP) is 4.03. The summed E-state index contributed by atoms with van der Waals surface area (Å²) in [4.78, 5) is 2.13. The lowest BCUT2D eigenvalue weighted by Crippen LogP contribution is -2.42. The number of nitrogens with one attached hydrogen (secondary N) is 1. The number of hydrogen-bond donors (Lipinski definition) is 1. The highest BCUT2D eigenvalue weighted by Gasteiger charge is 2.36. The molecule has 0 atom stereocenters. The van der Waals surface area contributed by atoms with Crippen LogP contribution in [0.3, 0.4) is 0 Å². The first-order valence-corrected chi connectivity index (χ1v) is 8.53. The molecule has 1 aliphatic carbocycles. The number of halogens is 1. The van der Waals surface area contributed by atoms with E-state index in [1.807, 2.05) is 17.8 Å². The maximum Gasteiger partial charge on any atom is 0.128 e. The van der Waals surface area contributed by atoms with Crippen molar-refractivity contribution < 1.29 is 4.39 Å². The van der Waals surface area contributed by atoms with Gasteiger partial charge in [0, 0.05) is 23.4 Å². The van der Waals surface area contributed by atoms with E-state index in [4.69, 9.17) is 5.41 Å². The second-order valence-electron chi connectivity index (χ2n) is 5.95. The molecule has 0 bridgehead atoms. The molecular weight excluding hydrogens is 271 g/mol. The molecule has 0 radical (unpaired) electrons. The number of amidine groups is 1. The normalized spacial score (nSPS) is 21.1. The summed E-state index contributed by atoms with van der Waals surface area (Å²) in [5.41, 5.74) is 1.86. The van der Waals surface area contributed by atoms with Crippen LogP contribution in [-0.4, -0.2) is 28.3 Å². The zero-order valence-corrected chi connectivity index (χ0v) is 12.7. The molecular formula is C16H21FN2S. The topological polar surface area (TPSA) is 27.1 Å². The standard InChI is InChI=1S/C16H21FN2S/c1-20-16(7-3-2-4-8-16)11-19-10-12-5-6-13(17)9-14(12)15(19)18/h5-6,9,18H,2-4,7-8,10-11H2,1H3. The quantitative estimate of drug-likeness (QED) is 0.910. The highest BCUT2D eigenvalue weighted by molar-refractivity contribution is 8.00. The fraction of sp³-hybridized carbons (Fsp3) is 0.562. The summed E-state index contributed by atoms with van der Waals surface area (Å²) in [5.74, 6) is 0.256. The van der Waals surface area contributed by atoms with E-state index in [0.29, 0.717) is 5.84 Å². The minimum atomic E-state index is -0.243. The highest BCUT2D eigenvalue weighted by Crippen LogP contribution is 2.40. The second kappa shape index (κ2) is 5.40. The molecule has 1 saturated carbocycles. The van der Waals surface area contributed by atoms with Gasteiger partial charge in [-0.3, -0.25) is 5.41 Å². The molecule has 1 aromatic rings. The number of hydrogen-bond acceptors (Lipinski definition) is 2. The van der Waals surface area contributed by atoms with Crippen molar-refractivity contribution in [2.24, 2.45) is 0 Å². The van der Waals surface area contributed by atoms with Crippen molar-refractivity contribution in [1.29, 1.82) is 5.41 Å². The van der Waals surface area contributed by atoms with Crippen molar-refractivity contribution in [2.75, 3.05) is 12.8 Å². The van der Waals surface area contributed by atoms with Gasteiger partial charge in [0.2, 0.25) is 0 Å². The second-order valence-corrected chi connectivity index (χ2v) is 7.23. The van der Waals surface area contributed by atoms with Gasteiger partial charge >= 0.3 is 0 Å². The van der Waals surface area contributed by atoms with Crippen molar-refractivity contribution in [2.45, 2.75) is 43.4 Å². The molecule has 2 nitrogen and oxygen atoms in total. The maximum atomic E-state index is 13.3. The molecule has 0 amide bonds. The van der Waals surface area contributed by atoms with Gasteiger partial charge in [-0.15, -0.1) is 0 Å². The van der Waals surface area contributed by atoms with Gasteiger partial charge in [0.15, 0.2) is 0 Å². The van der Waals surface area contributed by atoms with Gasteiger partial charge in [0.25, 0.3) is 0 Å². The van der Waals surface area contributed by atoms with Gasteiger partial charge in [0.1, 0.15) is 11.7 Å². The van der Waals surface area contributed by atoms with Crippen LogP contribution in [0.15, 0.2) is 18.2 Å². The monoisotopic (exact) mass is 292 g/mol. The van der Waals surface area contributed by atoms with Crippen molar-refractivity contribution in [3.63, 3.8) is 0 Å². The van der Waals surface area contributed by atoms with E-state index in [0.717, 1.165) is 24.2 Å². The first-order chi connectivity index (χ1) is 9.63. The maximum absolute atomic E-state index is 13.3. The molecule has 0 unspecified atom stereocenters. The Kier molecular flexibility index (Phi) is 3.76. The molecule has 1 aromatic carbocycles. The van der Waals surface area contributed by atoms with E-state index in [-0.39, 0.29) is 10.6 Å². The van der Waals surface area contributed by atoms with Crippen LogP contribution in [0, 0.1) is 11.2 Å². The van der Waals surface area contributed by atoms with Crippen LogP contribution in [-0.2, 0) is 6.54 Å². The van der Waals surface area contributed by atoms with Crippen LogP contribution >= 0.6 is 11.8 Å². The summed E-state index contributed by atoms with van der Waals surface area (Å²) in [7, 11) is 0. The van der Waals surface area contributed by atoms with Gasteiger partial charge in [-0.2, -0.15) is 11.8 Å². The fourth-order valence-corrected chi connectivity index (χ4v) is 4.45. The van der Waals surface area contributed by atoms with Crippen LogP contribution in [0.25, 0.3) is 0 Å². The van der Waals surface area contributed by atoms with Gasteiger partial charge in [0.05, 0.1) is 0 Å². The van der Waals surface area contributed by atoms with Crippen molar-refractivity contribution >= 4 is 17.6 Å². The van der Waals surface area contributed by atoms with Crippen LogP contribution in [0.5, 0.6) is 0 Å². The average Bonchev–Trinajstić information content (AvgIpc) is 2.76. The zero-order valence-electron chi connectivity index (χ0n) is 11.9. The van der Waals surface area contributed by atoms with E-state index in [1.54, 1.807) is 0 Å². The Balaban J connectivity index is 1.78. The Labute approximate surface area is 124 Å². The Bertz CT molecular complexity index is 523. The number of thioether (sulfide) groups is 1. The van der Waals surface area contributed by atoms with Gasteiger partial charge in [-0.1, -0.05) is 25.3 Å². The average molecular weight is 292 g/mol. The summed E-state index contributed by atoms with van der Waals surface area (Å²) < 4.78 is 13.6. The third-order valence-electron chi connectivity index (χ3n) is 4.68. The minimum absolute atomic E-state index is 0.243. The summed E-state index contributed by atoms with van der Waals surface area (Å²) in [6.45, 7) is 1.68. The number of rotatable bonds is 3. The molecule has 1 heterocycles. The van der Waals surface area contributed by atoms with Crippen molar-refractivity contribution in [3.8, 4) is 0 Å². The smallest absolute Gasteiger partial charge is 0.128 e. The number of nitrogens with zero attached hydrogens (tertiary/aromatic N) is 1. The van der Waals surface area contributed by atoms with Crippen LogP contribution in [0.1, 0.15) is 43.2 Å².